The molecule has 1 aliphatic heterocycles. The summed E-state index contributed by atoms with van der Waals surface area (Å²) in [5, 5.41) is 1.51. The van der Waals surface area contributed by atoms with Gasteiger partial charge in [-0.25, -0.2) is 0 Å². The molecule has 1 fully saturated rings. The second-order valence-electron chi connectivity index (χ2n) is 5.92. The highest BCUT2D eigenvalue weighted by Gasteiger charge is 2.19. The van der Waals surface area contributed by atoms with Crippen molar-refractivity contribution in [1.29, 1.82) is 0 Å². The van der Waals surface area contributed by atoms with E-state index in [0.717, 1.165) is 8.73 Å². The van der Waals surface area contributed by atoms with Gasteiger partial charge in [-0.2, -0.15) is 0 Å². The van der Waals surface area contributed by atoms with Crippen LogP contribution >= 0.6 is 8.73 Å². The lowest BCUT2D eigenvalue weighted by atomic mass is 10.3. The lowest BCUT2D eigenvalue weighted by Crippen LogP contribution is -2.32. The van der Waals surface area contributed by atoms with E-state index in [1.807, 2.05) is 0 Å². The molecule has 2 nitrogen and oxygen atoms in total. The van der Waals surface area contributed by atoms with Crippen LogP contribution in [0.1, 0.15) is 40.5 Å². The molecule has 1 aliphatic rings. The largest absolute Gasteiger partial charge is 0.371 e. The van der Waals surface area contributed by atoms with Crippen molar-refractivity contribution in [3.8, 4) is 0 Å². The second kappa shape index (κ2) is 6.72. The first kappa shape index (κ1) is 14.8. The van der Waals surface area contributed by atoms with Crippen LogP contribution in [0.15, 0.2) is 24.3 Å². The maximum Gasteiger partial charge on any atom is 0.0454 e. The van der Waals surface area contributed by atoms with Gasteiger partial charge in [-0.1, -0.05) is 18.2 Å². The lowest BCUT2D eigenvalue weighted by Gasteiger charge is -2.32. The second-order valence-corrected chi connectivity index (χ2v) is 7.20. The molecule has 0 spiro atoms. The molecule has 0 amide bonds. The molecule has 1 saturated heterocycles. The molecule has 1 aromatic carbocycles. The third-order valence-corrected chi connectivity index (χ3v) is 5.67. The van der Waals surface area contributed by atoms with E-state index in [1.54, 1.807) is 0 Å². The first-order chi connectivity index (χ1) is 9.09. The van der Waals surface area contributed by atoms with Gasteiger partial charge in [0, 0.05) is 36.2 Å². The van der Waals surface area contributed by atoms with Gasteiger partial charge in [0.1, 0.15) is 0 Å². The molecule has 106 valence electrons. The summed E-state index contributed by atoms with van der Waals surface area (Å²) in [6, 6.07) is 10.2. The Morgan fingerprint density at radius 3 is 2.16 bits per heavy atom. The van der Waals surface area contributed by atoms with Crippen molar-refractivity contribution in [2.45, 2.75) is 52.6 Å². The average Bonchev–Trinajstić information content (AvgIpc) is 2.89. The summed E-state index contributed by atoms with van der Waals surface area (Å²) in [7, 11) is 0.773. The zero-order valence-electron chi connectivity index (χ0n) is 12.7. The van der Waals surface area contributed by atoms with E-state index in [-0.39, 0.29) is 0 Å². The van der Waals surface area contributed by atoms with E-state index < -0.39 is 0 Å². The summed E-state index contributed by atoms with van der Waals surface area (Å²) in [4.78, 5) is 2.56. The Labute approximate surface area is 120 Å². The molecule has 0 saturated carbocycles. The van der Waals surface area contributed by atoms with E-state index >= 15 is 0 Å². The van der Waals surface area contributed by atoms with E-state index in [9.17, 15) is 0 Å². The van der Waals surface area contributed by atoms with Crippen molar-refractivity contribution in [2.24, 2.45) is 0 Å². The van der Waals surface area contributed by atoms with Gasteiger partial charge in [-0.15, -0.1) is 0 Å². The van der Waals surface area contributed by atoms with Crippen LogP contribution in [-0.2, 0) is 0 Å². The number of benzene rings is 1. The Balaban J connectivity index is 2.19. The van der Waals surface area contributed by atoms with Crippen LogP contribution in [0.2, 0.25) is 0 Å². The summed E-state index contributed by atoms with van der Waals surface area (Å²) in [5.41, 5.74) is 1.46. The SMILES string of the molecule is CC(C)N(Pc1ccccc1N1CCCC1)C(C)C. The van der Waals surface area contributed by atoms with E-state index in [1.165, 1.54) is 36.9 Å². The fourth-order valence-electron chi connectivity index (χ4n) is 2.80. The molecule has 1 atom stereocenters. The Morgan fingerprint density at radius 1 is 1.00 bits per heavy atom. The molecule has 0 aliphatic carbocycles. The predicted octanol–water partition coefficient (Wildman–Crippen LogP) is 3.62. The molecule has 0 bridgehead atoms. The number of hydrogen-bond acceptors (Lipinski definition) is 2. The van der Waals surface area contributed by atoms with Gasteiger partial charge < -0.3 is 4.90 Å². The maximum atomic E-state index is 2.59. The zero-order valence-corrected chi connectivity index (χ0v) is 13.7. The number of rotatable bonds is 5. The van der Waals surface area contributed by atoms with Crippen LogP contribution < -0.4 is 10.2 Å². The van der Waals surface area contributed by atoms with Crippen molar-refractivity contribution in [1.82, 2.24) is 4.67 Å². The highest BCUT2D eigenvalue weighted by atomic mass is 31.1. The monoisotopic (exact) mass is 278 g/mol. The van der Waals surface area contributed by atoms with Gasteiger partial charge in [0.2, 0.25) is 0 Å². The minimum absolute atomic E-state index is 0.602. The highest BCUT2D eigenvalue weighted by molar-refractivity contribution is 7.45. The Bertz CT molecular complexity index is 389. The molecule has 0 radical (unpaired) electrons. The van der Waals surface area contributed by atoms with Crippen molar-refractivity contribution in [2.75, 3.05) is 18.0 Å². The van der Waals surface area contributed by atoms with Crippen LogP contribution in [0.25, 0.3) is 0 Å². The van der Waals surface area contributed by atoms with Crippen molar-refractivity contribution in [3.63, 3.8) is 0 Å². The fraction of sp³-hybridized carbons (Fsp3) is 0.625. The minimum atomic E-state index is 0.602. The molecular formula is C16H27N2P. The Kier molecular flexibility index (Phi) is 5.24. The smallest absolute Gasteiger partial charge is 0.0454 e. The van der Waals surface area contributed by atoms with Crippen LogP contribution in [0, 0.1) is 0 Å². The normalized spacial score (nSPS) is 16.7. The third kappa shape index (κ3) is 3.70. The van der Waals surface area contributed by atoms with Crippen LogP contribution in [-0.4, -0.2) is 29.8 Å². The molecule has 19 heavy (non-hydrogen) atoms. The molecule has 0 aromatic heterocycles. The number of para-hydroxylation sites is 1. The van der Waals surface area contributed by atoms with Crippen molar-refractivity contribution >= 4 is 19.7 Å². The topological polar surface area (TPSA) is 6.48 Å². The Hall–Kier alpha value is -0.590. The first-order valence-corrected chi connectivity index (χ1v) is 8.43. The van der Waals surface area contributed by atoms with Gasteiger partial charge in [-0.3, -0.25) is 4.67 Å². The van der Waals surface area contributed by atoms with Gasteiger partial charge in [0.25, 0.3) is 0 Å². The molecule has 3 heteroatoms. The maximum absolute atomic E-state index is 2.59. The summed E-state index contributed by atoms with van der Waals surface area (Å²) >= 11 is 0. The number of anilines is 1. The summed E-state index contributed by atoms with van der Waals surface area (Å²) in [5.74, 6) is 0. The molecule has 2 rings (SSSR count). The van der Waals surface area contributed by atoms with E-state index in [0.29, 0.717) is 12.1 Å². The van der Waals surface area contributed by atoms with Crippen molar-refractivity contribution in [3.05, 3.63) is 24.3 Å². The molecule has 0 N–H and O–H groups in total. The van der Waals surface area contributed by atoms with Gasteiger partial charge in [-0.05, 0) is 55.3 Å². The molecule has 1 aromatic rings. The van der Waals surface area contributed by atoms with Crippen LogP contribution in [0.4, 0.5) is 5.69 Å². The lowest BCUT2D eigenvalue weighted by molar-refractivity contribution is 0.331. The van der Waals surface area contributed by atoms with Crippen LogP contribution in [0.5, 0.6) is 0 Å². The number of nitrogens with zero attached hydrogens (tertiary/aromatic N) is 2. The third-order valence-electron chi connectivity index (χ3n) is 3.71. The summed E-state index contributed by atoms with van der Waals surface area (Å²) in [6.45, 7) is 11.6. The Morgan fingerprint density at radius 2 is 1.58 bits per heavy atom. The van der Waals surface area contributed by atoms with E-state index in [2.05, 4.69) is 61.5 Å². The van der Waals surface area contributed by atoms with Gasteiger partial charge in [0.05, 0.1) is 0 Å². The molecule has 1 unspecified atom stereocenters. The van der Waals surface area contributed by atoms with Gasteiger partial charge >= 0.3 is 0 Å². The quantitative estimate of drug-likeness (QED) is 0.759. The van der Waals surface area contributed by atoms with E-state index in [4.69, 9.17) is 0 Å². The molecular weight excluding hydrogens is 251 g/mol. The van der Waals surface area contributed by atoms with Gasteiger partial charge in [0.15, 0.2) is 0 Å². The predicted molar refractivity (Wildman–Crippen MR) is 87.9 cm³/mol. The first-order valence-electron chi connectivity index (χ1n) is 7.48. The zero-order chi connectivity index (χ0) is 13.8. The van der Waals surface area contributed by atoms with Crippen LogP contribution in [0.3, 0.4) is 0 Å². The average molecular weight is 278 g/mol. The molecule has 1 heterocycles. The summed E-state index contributed by atoms with van der Waals surface area (Å²) < 4.78 is 2.59. The summed E-state index contributed by atoms with van der Waals surface area (Å²) in [6.07, 6.45) is 2.69. The highest BCUT2D eigenvalue weighted by Crippen LogP contribution is 2.30. The standard InChI is InChI=1S/C16H27N2P/c1-13(2)18(14(3)4)19-16-10-6-5-9-15(16)17-11-7-8-12-17/h5-6,9-10,13-14,19H,7-8,11-12H2,1-4H3. The fourth-order valence-corrected chi connectivity index (χ4v) is 4.12. The van der Waals surface area contributed by atoms with Crippen molar-refractivity contribution < 1.29 is 0 Å². The minimum Gasteiger partial charge on any atom is -0.371 e. The number of hydrogen-bond donors (Lipinski definition) is 0.